The Hall–Kier alpha value is -1.09. The van der Waals surface area contributed by atoms with Crippen molar-refractivity contribution in [2.24, 2.45) is 0 Å². The van der Waals surface area contributed by atoms with Crippen LogP contribution in [0.5, 0.6) is 0 Å². The minimum Gasteiger partial charge on any atom is -0.466 e. The second-order valence-electron chi connectivity index (χ2n) is 4.05. The van der Waals surface area contributed by atoms with Gasteiger partial charge in [0.25, 0.3) is 0 Å². The summed E-state index contributed by atoms with van der Waals surface area (Å²) in [5.74, 6) is -0.147. The van der Waals surface area contributed by atoms with Crippen LogP contribution in [0.25, 0.3) is 5.57 Å². The Morgan fingerprint density at radius 1 is 1.47 bits per heavy atom. The van der Waals surface area contributed by atoms with Crippen molar-refractivity contribution >= 4 is 27.5 Å². The largest absolute Gasteiger partial charge is 0.466 e. The van der Waals surface area contributed by atoms with Gasteiger partial charge >= 0.3 is 5.97 Å². The minimum absolute atomic E-state index is 0.147. The van der Waals surface area contributed by atoms with E-state index in [9.17, 15) is 4.79 Å². The number of carbonyl (C=O) groups is 1. The van der Waals surface area contributed by atoms with Gasteiger partial charge in [0.2, 0.25) is 0 Å². The number of benzene rings is 1. The van der Waals surface area contributed by atoms with Crippen LogP contribution in [-0.4, -0.2) is 12.6 Å². The van der Waals surface area contributed by atoms with Crippen molar-refractivity contribution in [2.75, 3.05) is 6.61 Å². The fourth-order valence-electron chi connectivity index (χ4n) is 2.11. The van der Waals surface area contributed by atoms with Crippen molar-refractivity contribution in [1.82, 2.24) is 0 Å². The quantitative estimate of drug-likeness (QED) is 0.794. The van der Waals surface area contributed by atoms with Gasteiger partial charge in [0.1, 0.15) is 0 Å². The molecule has 17 heavy (non-hydrogen) atoms. The molecule has 0 aromatic heterocycles. The first-order valence-electron chi connectivity index (χ1n) is 5.84. The first kappa shape index (κ1) is 12.4. The highest BCUT2D eigenvalue weighted by Crippen LogP contribution is 2.31. The molecule has 0 spiro atoms. The van der Waals surface area contributed by atoms with Crippen molar-refractivity contribution in [3.63, 3.8) is 0 Å². The van der Waals surface area contributed by atoms with Gasteiger partial charge in [-0.2, -0.15) is 0 Å². The average molecular weight is 295 g/mol. The molecule has 1 aliphatic rings. The zero-order valence-corrected chi connectivity index (χ0v) is 11.4. The molecular formula is C14H15BrO2. The fraction of sp³-hybridized carbons (Fsp3) is 0.357. The van der Waals surface area contributed by atoms with Gasteiger partial charge in [-0.15, -0.1) is 0 Å². The summed E-state index contributed by atoms with van der Waals surface area (Å²) in [5.41, 5.74) is 3.58. The molecule has 0 unspecified atom stereocenters. The molecule has 0 N–H and O–H groups in total. The molecule has 1 aromatic carbocycles. The van der Waals surface area contributed by atoms with E-state index >= 15 is 0 Å². The lowest BCUT2D eigenvalue weighted by Gasteiger charge is -2.17. The number of esters is 1. The monoisotopic (exact) mass is 294 g/mol. The van der Waals surface area contributed by atoms with Crippen molar-refractivity contribution in [2.45, 2.75) is 26.2 Å². The number of ether oxygens (including phenoxy) is 1. The van der Waals surface area contributed by atoms with Crippen LogP contribution in [0.4, 0.5) is 0 Å². The van der Waals surface area contributed by atoms with Crippen LogP contribution in [0.2, 0.25) is 0 Å². The molecule has 3 heteroatoms. The highest BCUT2D eigenvalue weighted by atomic mass is 79.9. The van der Waals surface area contributed by atoms with Crippen LogP contribution >= 0.6 is 15.9 Å². The summed E-state index contributed by atoms with van der Waals surface area (Å²) in [5, 5.41) is 0. The molecule has 90 valence electrons. The number of halogens is 1. The van der Waals surface area contributed by atoms with E-state index in [0.717, 1.165) is 22.9 Å². The third-order valence-corrected chi connectivity index (χ3v) is 3.36. The molecule has 2 nitrogen and oxygen atoms in total. The molecule has 0 amide bonds. The first-order chi connectivity index (χ1) is 8.20. The minimum atomic E-state index is -0.147. The van der Waals surface area contributed by atoms with Gasteiger partial charge in [0, 0.05) is 4.47 Å². The molecule has 0 saturated carbocycles. The number of hydrogen-bond acceptors (Lipinski definition) is 2. The fourth-order valence-corrected chi connectivity index (χ4v) is 2.47. The van der Waals surface area contributed by atoms with Crippen LogP contribution in [0.1, 0.15) is 30.9 Å². The molecule has 0 fully saturated rings. The van der Waals surface area contributed by atoms with Gasteiger partial charge in [0.15, 0.2) is 0 Å². The van der Waals surface area contributed by atoms with Gasteiger partial charge in [-0.3, -0.25) is 4.79 Å². The number of aryl methyl sites for hydroxylation is 1. The maximum Gasteiger partial charge on any atom is 0.310 e. The summed E-state index contributed by atoms with van der Waals surface area (Å²) < 4.78 is 6.05. The zero-order valence-electron chi connectivity index (χ0n) is 9.83. The molecular weight excluding hydrogens is 280 g/mol. The Kier molecular flexibility index (Phi) is 4.00. The van der Waals surface area contributed by atoms with Gasteiger partial charge in [-0.1, -0.05) is 28.1 Å². The first-order valence-corrected chi connectivity index (χ1v) is 6.63. The van der Waals surface area contributed by atoms with Gasteiger partial charge in [0.05, 0.1) is 13.0 Å². The maximum absolute atomic E-state index is 11.5. The summed E-state index contributed by atoms with van der Waals surface area (Å²) >= 11 is 3.47. The lowest BCUT2D eigenvalue weighted by atomic mass is 9.89. The van der Waals surface area contributed by atoms with E-state index in [1.165, 1.54) is 11.1 Å². The van der Waals surface area contributed by atoms with E-state index in [-0.39, 0.29) is 5.97 Å². The van der Waals surface area contributed by atoms with Crippen molar-refractivity contribution in [3.05, 3.63) is 39.9 Å². The molecule has 0 radical (unpaired) electrons. The highest BCUT2D eigenvalue weighted by Gasteiger charge is 2.16. The second kappa shape index (κ2) is 5.50. The predicted molar refractivity (Wildman–Crippen MR) is 71.7 cm³/mol. The second-order valence-corrected chi connectivity index (χ2v) is 4.97. The Bertz CT molecular complexity index is 463. The van der Waals surface area contributed by atoms with Crippen LogP contribution in [-0.2, 0) is 16.0 Å². The molecule has 0 aliphatic heterocycles. The number of rotatable bonds is 3. The van der Waals surface area contributed by atoms with Crippen LogP contribution in [0, 0.1) is 0 Å². The lowest BCUT2D eigenvalue weighted by molar-refractivity contribution is -0.141. The van der Waals surface area contributed by atoms with Crippen LogP contribution in [0.15, 0.2) is 28.7 Å². The lowest BCUT2D eigenvalue weighted by Crippen LogP contribution is -2.08. The van der Waals surface area contributed by atoms with Crippen molar-refractivity contribution in [3.8, 4) is 0 Å². The third-order valence-electron chi connectivity index (χ3n) is 2.86. The summed E-state index contributed by atoms with van der Waals surface area (Å²) in [6, 6.07) is 6.25. The number of hydrogen-bond donors (Lipinski definition) is 0. The topological polar surface area (TPSA) is 26.3 Å². The molecule has 0 heterocycles. The number of carbonyl (C=O) groups excluding carboxylic acids is 1. The highest BCUT2D eigenvalue weighted by molar-refractivity contribution is 9.10. The van der Waals surface area contributed by atoms with E-state index in [1.54, 1.807) is 0 Å². The van der Waals surface area contributed by atoms with E-state index in [1.807, 2.05) is 13.0 Å². The van der Waals surface area contributed by atoms with E-state index < -0.39 is 0 Å². The summed E-state index contributed by atoms with van der Waals surface area (Å²) in [6.07, 6.45) is 4.57. The number of allylic oxidation sites excluding steroid dienone is 1. The van der Waals surface area contributed by atoms with E-state index in [0.29, 0.717) is 13.0 Å². The molecule has 2 rings (SSSR count). The molecule has 1 aromatic rings. The summed E-state index contributed by atoms with van der Waals surface area (Å²) in [4.78, 5) is 11.5. The smallest absolute Gasteiger partial charge is 0.310 e. The normalized spacial score (nSPS) is 13.9. The summed E-state index contributed by atoms with van der Waals surface area (Å²) in [6.45, 7) is 2.27. The van der Waals surface area contributed by atoms with Crippen LogP contribution < -0.4 is 0 Å². The Morgan fingerprint density at radius 3 is 3.06 bits per heavy atom. The molecule has 0 atom stereocenters. The van der Waals surface area contributed by atoms with Crippen molar-refractivity contribution in [1.29, 1.82) is 0 Å². The Balaban J connectivity index is 2.22. The Labute approximate surface area is 110 Å². The van der Waals surface area contributed by atoms with Crippen LogP contribution in [0.3, 0.4) is 0 Å². The summed E-state index contributed by atoms with van der Waals surface area (Å²) in [7, 11) is 0. The van der Waals surface area contributed by atoms with Gasteiger partial charge < -0.3 is 4.74 Å². The van der Waals surface area contributed by atoms with E-state index in [2.05, 4.69) is 34.1 Å². The molecule has 0 bridgehead atoms. The predicted octanol–water partition coefficient (Wildman–Crippen LogP) is 3.73. The standard InChI is InChI=1S/C14H15BrO2/c1-2-17-14(16)8-11-5-3-4-10-6-7-12(15)9-13(10)11/h5-7,9H,2-4,8H2,1H3. The third kappa shape index (κ3) is 2.97. The molecule has 1 aliphatic carbocycles. The van der Waals surface area contributed by atoms with Crippen molar-refractivity contribution < 1.29 is 9.53 Å². The number of fused-ring (bicyclic) bond motifs is 1. The maximum atomic E-state index is 11.5. The Morgan fingerprint density at radius 2 is 2.29 bits per heavy atom. The van der Waals surface area contributed by atoms with Gasteiger partial charge in [-0.25, -0.2) is 0 Å². The van der Waals surface area contributed by atoms with Gasteiger partial charge in [-0.05, 0) is 48.6 Å². The average Bonchev–Trinajstić information content (AvgIpc) is 2.30. The van der Waals surface area contributed by atoms with E-state index in [4.69, 9.17) is 4.74 Å². The zero-order chi connectivity index (χ0) is 12.3. The molecule has 0 saturated heterocycles. The SMILES string of the molecule is CCOC(=O)CC1=CCCc2ccc(Br)cc21.